The van der Waals surface area contributed by atoms with Crippen molar-refractivity contribution in [3.8, 4) is 0 Å². The Bertz CT molecular complexity index is 604. The molecule has 7 heteroatoms. The number of likely N-dealkylation sites (N-methyl/N-ethyl adjacent to an activating group) is 1. The zero-order valence-corrected chi connectivity index (χ0v) is 13.7. The van der Waals surface area contributed by atoms with Crippen LogP contribution in [0.2, 0.25) is 10.0 Å². The number of benzene rings is 1. The molecule has 5 nitrogen and oxygen atoms in total. The molecule has 2 rings (SSSR count). The number of nitrogens with one attached hydrogen (secondary N) is 1. The summed E-state index contributed by atoms with van der Waals surface area (Å²) < 4.78 is 5.12. The predicted octanol–water partition coefficient (Wildman–Crippen LogP) is 3.31. The van der Waals surface area contributed by atoms with E-state index in [0.29, 0.717) is 23.1 Å². The lowest BCUT2D eigenvalue weighted by Gasteiger charge is -2.27. The molecular weight excluding hydrogens is 325 g/mol. The molecular formula is C15H17Cl2N3O2. The van der Waals surface area contributed by atoms with Crippen molar-refractivity contribution >= 4 is 35.0 Å². The van der Waals surface area contributed by atoms with E-state index in [0.717, 1.165) is 11.3 Å². The lowest BCUT2D eigenvalue weighted by atomic mass is 10.0. The van der Waals surface area contributed by atoms with E-state index in [9.17, 15) is 4.79 Å². The number of rotatable bonds is 5. The average molecular weight is 342 g/mol. The summed E-state index contributed by atoms with van der Waals surface area (Å²) in [5.74, 6) is 0. The first-order valence-corrected chi connectivity index (χ1v) is 7.64. The Labute approximate surface area is 139 Å². The molecule has 0 spiro atoms. The number of ether oxygens (including phenoxy) is 1. The number of nitrogens with zero attached hydrogens (tertiary/aromatic N) is 2. The summed E-state index contributed by atoms with van der Waals surface area (Å²) in [4.78, 5) is 13.8. The number of carbonyl (C=O) groups is 1. The molecule has 1 unspecified atom stereocenters. The van der Waals surface area contributed by atoms with Crippen molar-refractivity contribution in [3.05, 3.63) is 46.5 Å². The first-order chi connectivity index (χ1) is 10.6. The Hall–Kier alpha value is -1.72. The minimum absolute atomic E-state index is 0.175. The number of hydrogen-bond acceptors (Lipinski definition) is 4. The Morgan fingerprint density at radius 2 is 2.32 bits per heavy atom. The fourth-order valence-electron chi connectivity index (χ4n) is 2.25. The molecule has 1 aliphatic heterocycles. The molecule has 0 saturated carbocycles. The van der Waals surface area contributed by atoms with E-state index in [1.54, 1.807) is 17.0 Å². The van der Waals surface area contributed by atoms with Crippen LogP contribution in [0.4, 0.5) is 4.79 Å². The van der Waals surface area contributed by atoms with Crippen LogP contribution in [-0.4, -0.2) is 42.4 Å². The normalized spacial score (nSPS) is 16.7. The summed E-state index contributed by atoms with van der Waals surface area (Å²) in [6.07, 6.45) is 1.14. The van der Waals surface area contributed by atoms with Crippen molar-refractivity contribution in [1.29, 1.82) is 0 Å². The molecule has 1 N–H and O–H groups in total. The van der Waals surface area contributed by atoms with Gasteiger partial charge in [-0.25, -0.2) is 4.79 Å². The summed E-state index contributed by atoms with van der Waals surface area (Å²) >= 11 is 12.0. The van der Waals surface area contributed by atoms with Crippen LogP contribution in [0.15, 0.2) is 36.0 Å². The highest BCUT2D eigenvalue weighted by Gasteiger charge is 2.32. The highest BCUT2D eigenvalue weighted by atomic mass is 35.5. The molecule has 22 heavy (non-hydrogen) atoms. The molecule has 0 saturated heterocycles. The lowest BCUT2D eigenvalue weighted by Crippen LogP contribution is -2.46. The van der Waals surface area contributed by atoms with Gasteiger partial charge in [0.15, 0.2) is 0 Å². The van der Waals surface area contributed by atoms with Crippen molar-refractivity contribution in [2.75, 3.05) is 19.7 Å². The maximum absolute atomic E-state index is 12.1. The number of carbonyl (C=O) groups excluding carboxylic acids is 1. The van der Waals surface area contributed by atoms with Crippen LogP contribution >= 0.6 is 23.2 Å². The second kappa shape index (κ2) is 7.51. The fraction of sp³-hybridized carbons (Fsp3) is 0.333. The van der Waals surface area contributed by atoms with Gasteiger partial charge in [0.2, 0.25) is 0 Å². The summed E-state index contributed by atoms with van der Waals surface area (Å²) in [5.41, 5.74) is 4.47. The van der Waals surface area contributed by atoms with E-state index in [1.807, 2.05) is 13.0 Å². The van der Waals surface area contributed by atoms with E-state index in [4.69, 9.17) is 27.9 Å². The first kappa shape index (κ1) is 16.6. The fourth-order valence-corrected chi connectivity index (χ4v) is 2.55. The molecule has 0 bridgehead atoms. The van der Waals surface area contributed by atoms with Gasteiger partial charge in [0.05, 0.1) is 28.3 Å². The second-order valence-electron chi connectivity index (χ2n) is 4.66. The van der Waals surface area contributed by atoms with Gasteiger partial charge in [-0.3, -0.25) is 4.90 Å². The van der Waals surface area contributed by atoms with Crippen LogP contribution in [0.3, 0.4) is 0 Å². The molecule has 118 valence electrons. The van der Waals surface area contributed by atoms with Crippen LogP contribution in [0.5, 0.6) is 0 Å². The van der Waals surface area contributed by atoms with Crippen LogP contribution < -0.4 is 5.43 Å². The van der Waals surface area contributed by atoms with Gasteiger partial charge < -0.3 is 10.2 Å². The summed E-state index contributed by atoms with van der Waals surface area (Å²) in [6, 6.07) is 5.06. The van der Waals surface area contributed by atoms with Gasteiger partial charge in [-0.1, -0.05) is 41.9 Å². The van der Waals surface area contributed by atoms with Gasteiger partial charge in [0.25, 0.3) is 0 Å². The molecule has 0 aliphatic carbocycles. The Morgan fingerprint density at radius 3 is 2.95 bits per heavy atom. The maximum Gasteiger partial charge on any atom is 0.410 e. The Balaban J connectivity index is 2.22. The number of halogens is 2. The molecule has 1 amide bonds. The Kier molecular flexibility index (Phi) is 5.69. The number of amides is 1. The largest absolute Gasteiger partial charge is 0.445 e. The standard InChI is InChI=1S/C15H17Cl2N3O2/c1-3-7-22-15(21)20(4-2)13-9-18-19-14(13)10-5-6-11(16)12(17)8-10/h3,5-6,8,13,18H,1,4,7,9H2,2H3. The third-order valence-electron chi connectivity index (χ3n) is 3.29. The molecule has 1 heterocycles. The third kappa shape index (κ3) is 3.54. The number of hydrazone groups is 1. The van der Waals surface area contributed by atoms with Crippen LogP contribution in [0.1, 0.15) is 12.5 Å². The smallest absolute Gasteiger partial charge is 0.410 e. The molecule has 1 aromatic rings. The van der Waals surface area contributed by atoms with Crippen molar-refractivity contribution in [1.82, 2.24) is 10.3 Å². The molecule has 1 atom stereocenters. The number of hydrogen-bond donors (Lipinski definition) is 1. The van der Waals surface area contributed by atoms with E-state index in [2.05, 4.69) is 17.1 Å². The Morgan fingerprint density at radius 1 is 1.55 bits per heavy atom. The van der Waals surface area contributed by atoms with Crippen LogP contribution in [-0.2, 0) is 4.74 Å². The predicted molar refractivity (Wildman–Crippen MR) is 88.7 cm³/mol. The van der Waals surface area contributed by atoms with Gasteiger partial charge >= 0.3 is 6.09 Å². The van der Waals surface area contributed by atoms with Gasteiger partial charge in [-0.2, -0.15) is 5.10 Å². The quantitative estimate of drug-likeness (QED) is 0.836. The summed E-state index contributed by atoms with van der Waals surface area (Å²) in [5, 5.41) is 5.21. The molecule has 0 fully saturated rings. The third-order valence-corrected chi connectivity index (χ3v) is 4.03. The van der Waals surface area contributed by atoms with Gasteiger partial charge in [-0.15, -0.1) is 0 Å². The molecule has 1 aliphatic rings. The topological polar surface area (TPSA) is 53.9 Å². The van der Waals surface area contributed by atoms with Crippen LogP contribution in [0, 0.1) is 0 Å². The van der Waals surface area contributed by atoms with E-state index in [-0.39, 0.29) is 12.6 Å². The average Bonchev–Trinajstić information content (AvgIpc) is 2.98. The summed E-state index contributed by atoms with van der Waals surface area (Å²) in [7, 11) is 0. The highest BCUT2D eigenvalue weighted by Crippen LogP contribution is 2.25. The van der Waals surface area contributed by atoms with E-state index < -0.39 is 6.09 Å². The minimum Gasteiger partial charge on any atom is -0.445 e. The van der Waals surface area contributed by atoms with E-state index >= 15 is 0 Å². The van der Waals surface area contributed by atoms with Crippen molar-refractivity contribution < 1.29 is 9.53 Å². The summed E-state index contributed by atoms with van der Waals surface area (Å²) in [6.45, 7) is 6.62. The van der Waals surface area contributed by atoms with Crippen LogP contribution in [0.25, 0.3) is 0 Å². The first-order valence-electron chi connectivity index (χ1n) is 6.88. The highest BCUT2D eigenvalue weighted by molar-refractivity contribution is 6.42. The zero-order valence-electron chi connectivity index (χ0n) is 12.2. The second-order valence-corrected chi connectivity index (χ2v) is 5.47. The van der Waals surface area contributed by atoms with Crippen molar-refractivity contribution in [2.45, 2.75) is 13.0 Å². The molecule has 0 aromatic heterocycles. The monoisotopic (exact) mass is 341 g/mol. The maximum atomic E-state index is 12.1. The van der Waals surface area contributed by atoms with Gasteiger partial charge in [0.1, 0.15) is 6.61 Å². The van der Waals surface area contributed by atoms with Gasteiger partial charge in [0, 0.05) is 12.1 Å². The zero-order chi connectivity index (χ0) is 16.1. The van der Waals surface area contributed by atoms with Gasteiger partial charge in [-0.05, 0) is 19.1 Å². The molecule has 1 aromatic carbocycles. The SMILES string of the molecule is C=CCOC(=O)N(CC)C1CNN=C1c1ccc(Cl)c(Cl)c1. The minimum atomic E-state index is -0.399. The van der Waals surface area contributed by atoms with Crippen molar-refractivity contribution in [2.24, 2.45) is 5.10 Å². The van der Waals surface area contributed by atoms with E-state index in [1.165, 1.54) is 6.08 Å². The lowest BCUT2D eigenvalue weighted by molar-refractivity contribution is 0.109. The molecule has 0 radical (unpaired) electrons. The van der Waals surface area contributed by atoms with Crippen molar-refractivity contribution in [3.63, 3.8) is 0 Å².